The van der Waals surface area contributed by atoms with Crippen LogP contribution in [0.1, 0.15) is 25.6 Å². The van der Waals surface area contributed by atoms with E-state index < -0.39 is 21.9 Å². The molecule has 32 heavy (non-hydrogen) atoms. The molecule has 3 aromatic heterocycles. The van der Waals surface area contributed by atoms with E-state index in [1.165, 1.54) is 41.4 Å². The third-order valence-corrected chi connectivity index (χ3v) is 7.95. The van der Waals surface area contributed by atoms with E-state index in [1.807, 2.05) is 20.8 Å². The summed E-state index contributed by atoms with van der Waals surface area (Å²) in [5.74, 6) is -0.827. The minimum absolute atomic E-state index is 0.00759. The van der Waals surface area contributed by atoms with Crippen LogP contribution in [0.5, 0.6) is 0 Å². The molecule has 1 amide bonds. The molecule has 0 atom stereocenters. The van der Waals surface area contributed by atoms with Gasteiger partial charge in [0.25, 0.3) is 0 Å². The van der Waals surface area contributed by atoms with Gasteiger partial charge >= 0.3 is 6.09 Å². The van der Waals surface area contributed by atoms with Crippen LogP contribution in [0.25, 0.3) is 11.1 Å². The summed E-state index contributed by atoms with van der Waals surface area (Å²) in [6.45, 7) is 5.90. The molecule has 0 saturated carbocycles. The van der Waals surface area contributed by atoms with E-state index in [9.17, 15) is 22.7 Å². The number of hydrogen-bond acceptors (Lipinski definition) is 6. The second kappa shape index (κ2) is 9.13. The smallest absolute Gasteiger partial charge is 0.407 e. The van der Waals surface area contributed by atoms with E-state index in [0.29, 0.717) is 4.88 Å². The molecule has 3 rings (SSSR count). The number of hydrogen-bond donors (Lipinski definition) is 1. The maximum Gasteiger partial charge on any atom is 0.407 e. The number of amides is 1. The van der Waals surface area contributed by atoms with Crippen LogP contribution in [-0.4, -0.2) is 41.0 Å². The fraction of sp³-hybridized carbons (Fsp3) is 0.286. The summed E-state index contributed by atoms with van der Waals surface area (Å²) in [7, 11) is -4.08. The Hall–Kier alpha value is -2.56. The van der Waals surface area contributed by atoms with Gasteiger partial charge in [-0.25, -0.2) is 23.2 Å². The Labute approximate surface area is 194 Å². The van der Waals surface area contributed by atoms with Crippen LogP contribution in [0, 0.1) is 11.4 Å². The van der Waals surface area contributed by atoms with Gasteiger partial charge in [0.05, 0.1) is 11.4 Å². The molecule has 0 radical (unpaired) electrons. The summed E-state index contributed by atoms with van der Waals surface area (Å²) in [5.41, 5.74) is -0.183. The van der Waals surface area contributed by atoms with Gasteiger partial charge in [0, 0.05) is 34.9 Å². The number of aromatic nitrogens is 2. The number of carbonyl (C=O) groups is 1. The Morgan fingerprint density at radius 2 is 1.94 bits per heavy atom. The lowest BCUT2D eigenvalue weighted by Gasteiger charge is -2.27. The maximum atomic E-state index is 14.5. The van der Waals surface area contributed by atoms with Gasteiger partial charge in [0.1, 0.15) is 9.36 Å². The quantitative estimate of drug-likeness (QED) is 0.460. The van der Waals surface area contributed by atoms with Gasteiger partial charge in [-0.15, -0.1) is 11.3 Å². The number of thiophene rings is 1. The first-order chi connectivity index (χ1) is 14.9. The van der Waals surface area contributed by atoms with E-state index in [-0.39, 0.29) is 43.9 Å². The number of halogens is 2. The summed E-state index contributed by atoms with van der Waals surface area (Å²) in [6, 6.07) is 7.09. The second-order valence-electron chi connectivity index (χ2n) is 8.27. The molecule has 0 aliphatic heterocycles. The molecule has 7 nitrogen and oxygen atoms in total. The van der Waals surface area contributed by atoms with Crippen molar-refractivity contribution in [2.75, 3.05) is 6.54 Å². The van der Waals surface area contributed by atoms with Crippen LogP contribution in [0.4, 0.5) is 9.18 Å². The molecule has 0 aromatic carbocycles. The highest BCUT2D eigenvalue weighted by Crippen LogP contribution is 2.39. The average molecular weight is 498 g/mol. The van der Waals surface area contributed by atoms with E-state index in [4.69, 9.17) is 11.6 Å². The third kappa shape index (κ3) is 5.43. The summed E-state index contributed by atoms with van der Waals surface area (Å²) in [6.07, 6.45) is 1.26. The monoisotopic (exact) mass is 497 g/mol. The highest BCUT2D eigenvalue weighted by molar-refractivity contribution is 7.93. The molecule has 0 unspecified atom stereocenters. The van der Waals surface area contributed by atoms with Crippen LogP contribution in [0.15, 0.2) is 51.8 Å². The largest absolute Gasteiger partial charge is 0.465 e. The first-order valence-corrected chi connectivity index (χ1v) is 12.1. The van der Waals surface area contributed by atoms with Crippen molar-refractivity contribution in [2.45, 2.75) is 36.4 Å². The van der Waals surface area contributed by atoms with Crippen molar-refractivity contribution < 1.29 is 22.7 Å². The van der Waals surface area contributed by atoms with Crippen molar-refractivity contribution in [1.82, 2.24) is 14.9 Å². The summed E-state index contributed by atoms with van der Waals surface area (Å²) in [4.78, 5) is 20.8. The van der Waals surface area contributed by atoms with Crippen molar-refractivity contribution in [3.05, 3.63) is 58.7 Å². The SMILES string of the molecule is CC(C)(C)CN(Cc1cc(-c2cccnc2F)c(S(=O)(=O)c2ccc(Cl)nc2)s1)C(=O)O. The van der Waals surface area contributed by atoms with Gasteiger partial charge in [0.15, 0.2) is 0 Å². The first kappa shape index (κ1) is 24.1. The van der Waals surface area contributed by atoms with Crippen LogP contribution >= 0.6 is 22.9 Å². The Morgan fingerprint density at radius 1 is 1.22 bits per heavy atom. The minimum atomic E-state index is -4.08. The summed E-state index contributed by atoms with van der Waals surface area (Å²) >= 11 is 6.67. The Bertz CT molecular complexity index is 1240. The molecule has 3 heterocycles. The second-order valence-corrected chi connectivity index (χ2v) is 11.9. The number of carboxylic acid groups (broad SMARTS) is 1. The van der Waals surface area contributed by atoms with E-state index in [2.05, 4.69) is 9.97 Å². The molecule has 11 heteroatoms. The molecule has 3 aromatic rings. The molecule has 0 aliphatic rings. The highest BCUT2D eigenvalue weighted by atomic mass is 35.5. The fourth-order valence-electron chi connectivity index (χ4n) is 3.06. The number of rotatable bonds is 6. The van der Waals surface area contributed by atoms with Crippen molar-refractivity contribution in [3.8, 4) is 11.1 Å². The molecular weight excluding hydrogens is 477 g/mol. The molecule has 0 bridgehead atoms. The van der Waals surface area contributed by atoms with Crippen molar-refractivity contribution in [1.29, 1.82) is 0 Å². The third-order valence-electron chi connectivity index (χ3n) is 4.34. The van der Waals surface area contributed by atoms with Crippen LogP contribution in [-0.2, 0) is 16.4 Å². The molecular formula is C21H21ClFN3O4S2. The van der Waals surface area contributed by atoms with Gasteiger partial charge in [-0.3, -0.25) is 0 Å². The van der Waals surface area contributed by atoms with Gasteiger partial charge < -0.3 is 10.0 Å². The number of sulfone groups is 1. The summed E-state index contributed by atoms with van der Waals surface area (Å²) < 4.78 is 41.1. The number of nitrogens with zero attached hydrogens (tertiary/aromatic N) is 3. The maximum absolute atomic E-state index is 14.5. The molecule has 170 valence electrons. The zero-order valence-corrected chi connectivity index (χ0v) is 19.9. The topological polar surface area (TPSA) is 100 Å². The van der Waals surface area contributed by atoms with Gasteiger partial charge in [-0.05, 0) is 35.7 Å². The lowest BCUT2D eigenvalue weighted by Crippen LogP contribution is -2.36. The van der Waals surface area contributed by atoms with Crippen molar-refractivity contribution in [2.24, 2.45) is 5.41 Å². The Morgan fingerprint density at radius 3 is 2.50 bits per heavy atom. The highest BCUT2D eigenvalue weighted by Gasteiger charge is 2.29. The van der Waals surface area contributed by atoms with Crippen LogP contribution in [0.2, 0.25) is 5.15 Å². The van der Waals surface area contributed by atoms with E-state index >= 15 is 0 Å². The van der Waals surface area contributed by atoms with Gasteiger partial charge in [0.2, 0.25) is 15.8 Å². The lowest BCUT2D eigenvalue weighted by molar-refractivity contribution is 0.123. The zero-order valence-electron chi connectivity index (χ0n) is 17.5. The Balaban J connectivity index is 2.14. The normalized spacial score (nSPS) is 12.0. The zero-order chi connectivity index (χ0) is 23.7. The molecule has 1 N–H and O–H groups in total. The lowest BCUT2D eigenvalue weighted by atomic mass is 9.96. The van der Waals surface area contributed by atoms with E-state index in [1.54, 1.807) is 0 Å². The predicted octanol–water partition coefficient (Wildman–Crippen LogP) is 5.36. The molecule has 0 spiro atoms. The standard InChI is InChI=1S/C21H21ClFN3O4S2/c1-21(2,3)12-26(20(27)28)11-13-9-16(15-5-4-8-24-18(15)23)19(31-13)32(29,30)14-6-7-17(22)25-10-14/h4-10H,11-12H2,1-3H3,(H,27,28). The predicted molar refractivity (Wildman–Crippen MR) is 120 cm³/mol. The van der Waals surface area contributed by atoms with Gasteiger partial charge in [-0.2, -0.15) is 4.39 Å². The van der Waals surface area contributed by atoms with Crippen molar-refractivity contribution in [3.63, 3.8) is 0 Å². The molecule has 0 fully saturated rings. The minimum Gasteiger partial charge on any atom is -0.465 e. The van der Waals surface area contributed by atoms with E-state index in [0.717, 1.165) is 17.5 Å². The van der Waals surface area contributed by atoms with Crippen molar-refractivity contribution >= 4 is 38.9 Å². The van der Waals surface area contributed by atoms with Gasteiger partial charge in [-0.1, -0.05) is 32.4 Å². The Kier molecular flexibility index (Phi) is 6.87. The van der Waals surface area contributed by atoms with Crippen LogP contribution < -0.4 is 0 Å². The summed E-state index contributed by atoms with van der Waals surface area (Å²) in [5, 5.41) is 9.75. The number of pyridine rings is 2. The first-order valence-electron chi connectivity index (χ1n) is 9.46. The van der Waals surface area contributed by atoms with Crippen LogP contribution in [0.3, 0.4) is 0 Å². The fourth-order valence-corrected chi connectivity index (χ4v) is 6.24. The molecule has 0 aliphatic carbocycles. The average Bonchev–Trinajstić information content (AvgIpc) is 3.11. The molecule has 0 saturated heterocycles.